The minimum atomic E-state index is -0.976. The standard InChI is InChI=1S/C20H24O3/c1-2-20(22)8-7-16-15-5-3-12-9-13(21)4-6-14(12)18(15)17-10-19(16,20)11-23-17/h1,9,14-18,22H,3-8,10-11H2/t14?,15?,16?,17-,18?,19+,20-/m0/s1. The first-order valence-corrected chi connectivity index (χ1v) is 9.13. The van der Waals surface area contributed by atoms with Crippen molar-refractivity contribution in [1.82, 2.24) is 0 Å². The second kappa shape index (κ2) is 4.49. The van der Waals surface area contributed by atoms with E-state index in [0.717, 1.165) is 38.5 Å². The summed E-state index contributed by atoms with van der Waals surface area (Å²) in [6, 6.07) is 0. The molecule has 1 N–H and O–H groups in total. The third-order valence-electron chi connectivity index (χ3n) is 7.91. The summed E-state index contributed by atoms with van der Waals surface area (Å²) in [5.74, 6) is 5.19. The summed E-state index contributed by atoms with van der Waals surface area (Å²) in [5.41, 5.74) is 0.186. The average molecular weight is 312 g/mol. The minimum absolute atomic E-state index is 0.209. The number of ether oxygens (including phenoxy) is 1. The molecule has 0 aromatic carbocycles. The van der Waals surface area contributed by atoms with Crippen molar-refractivity contribution in [1.29, 1.82) is 0 Å². The zero-order valence-electron chi connectivity index (χ0n) is 13.5. The molecule has 7 atom stereocenters. The van der Waals surface area contributed by atoms with Crippen molar-refractivity contribution in [3.05, 3.63) is 11.6 Å². The van der Waals surface area contributed by atoms with Crippen molar-refractivity contribution in [2.75, 3.05) is 6.61 Å². The van der Waals surface area contributed by atoms with Crippen LogP contribution >= 0.6 is 0 Å². The highest BCUT2D eigenvalue weighted by molar-refractivity contribution is 5.91. The van der Waals surface area contributed by atoms with E-state index in [2.05, 4.69) is 5.92 Å². The Bertz CT molecular complexity index is 644. The van der Waals surface area contributed by atoms with Crippen molar-refractivity contribution in [2.45, 2.75) is 56.7 Å². The molecular formula is C20H24O3. The zero-order chi connectivity index (χ0) is 15.8. The number of hydrogen-bond acceptors (Lipinski definition) is 3. The number of carbonyl (C=O) groups excluding carboxylic acids is 1. The van der Waals surface area contributed by atoms with E-state index >= 15 is 0 Å². The summed E-state index contributed by atoms with van der Waals surface area (Å²) in [5, 5.41) is 11.1. The van der Waals surface area contributed by atoms with Crippen molar-refractivity contribution in [3.8, 4) is 12.3 Å². The van der Waals surface area contributed by atoms with Gasteiger partial charge in [-0.15, -0.1) is 6.42 Å². The smallest absolute Gasteiger partial charge is 0.155 e. The van der Waals surface area contributed by atoms with Crippen molar-refractivity contribution in [2.24, 2.45) is 29.1 Å². The Hall–Kier alpha value is -1.11. The van der Waals surface area contributed by atoms with Crippen LogP contribution in [0, 0.1) is 41.4 Å². The molecule has 3 saturated carbocycles. The number of ketones is 1. The molecule has 4 fully saturated rings. The van der Waals surface area contributed by atoms with Crippen LogP contribution in [0.15, 0.2) is 11.6 Å². The molecule has 1 heterocycles. The molecule has 1 aliphatic heterocycles. The first-order chi connectivity index (χ1) is 11.1. The number of terminal acetylenes is 1. The molecular weight excluding hydrogens is 288 g/mol. The lowest BCUT2D eigenvalue weighted by Gasteiger charge is -2.53. The molecule has 4 aliphatic carbocycles. The first-order valence-electron chi connectivity index (χ1n) is 9.13. The molecule has 5 rings (SSSR count). The van der Waals surface area contributed by atoms with E-state index in [1.807, 2.05) is 6.08 Å². The fraction of sp³-hybridized carbons (Fsp3) is 0.750. The number of hydrogen-bond donors (Lipinski definition) is 1. The molecule has 0 aromatic heterocycles. The molecule has 3 nitrogen and oxygen atoms in total. The largest absolute Gasteiger partial charge is 0.377 e. The van der Waals surface area contributed by atoms with Crippen LogP contribution < -0.4 is 0 Å². The van der Waals surface area contributed by atoms with Gasteiger partial charge in [0.05, 0.1) is 12.7 Å². The fourth-order valence-corrected chi connectivity index (χ4v) is 6.96. The molecule has 122 valence electrons. The zero-order valence-corrected chi connectivity index (χ0v) is 13.5. The number of fused-ring (bicyclic) bond motifs is 6. The van der Waals surface area contributed by atoms with Gasteiger partial charge < -0.3 is 9.84 Å². The van der Waals surface area contributed by atoms with Gasteiger partial charge in [0.2, 0.25) is 0 Å². The van der Waals surface area contributed by atoms with Crippen LogP contribution in [0.5, 0.6) is 0 Å². The Labute approximate surface area is 137 Å². The highest BCUT2D eigenvalue weighted by atomic mass is 16.5. The minimum Gasteiger partial charge on any atom is -0.377 e. The van der Waals surface area contributed by atoms with E-state index in [1.54, 1.807) is 0 Å². The maximum absolute atomic E-state index is 11.8. The Morgan fingerprint density at radius 3 is 3.00 bits per heavy atom. The van der Waals surface area contributed by atoms with Crippen LogP contribution in [0.1, 0.15) is 44.9 Å². The molecule has 3 heteroatoms. The quantitative estimate of drug-likeness (QED) is 0.699. The summed E-state index contributed by atoms with van der Waals surface area (Å²) < 4.78 is 6.26. The molecule has 0 aromatic rings. The normalized spacial score (nSPS) is 53.8. The Morgan fingerprint density at radius 1 is 1.30 bits per heavy atom. The van der Waals surface area contributed by atoms with Gasteiger partial charge in [-0.25, -0.2) is 0 Å². The van der Waals surface area contributed by atoms with Crippen LogP contribution in [0.25, 0.3) is 0 Å². The molecule has 1 saturated heterocycles. The van der Waals surface area contributed by atoms with Gasteiger partial charge in [-0.2, -0.15) is 0 Å². The van der Waals surface area contributed by atoms with Gasteiger partial charge >= 0.3 is 0 Å². The molecule has 2 bridgehead atoms. The predicted molar refractivity (Wildman–Crippen MR) is 85.3 cm³/mol. The van der Waals surface area contributed by atoms with Crippen LogP contribution in [0.3, 0.4) is 0 Å². The fourth-order valence-electron chi connectivity index (χ4n) is 6.96. The van der Waals surface area contributed by atoms with Crippen LogP contribution in [-0.2, 0) is 9.53 Å². The van der Waals surface area contributed by atoms with Crippen LogP contribution in [-0.4, -0.2) is 29.2 Å². The SMILES string of the molecule is C#C[C@]1(O)CCC2C3CCC4=CC(=O)CCC4C3[C@@H]3C[C@@]21CO3. The van der Waals surface area contributed by atoms with Gasteiger partial charge in [-0.3, -0.25) is 4.79 Å². The Balaban J connectivity index is 1.56. The first kappa shape index (κ1) is 14.3. The Morgan fingerprint density at radius 2 is 2.17 bits per heavy atom. The van der Waals surface area contributed by atoms with Crippen molar-refractivity contribution < 1.29 is 14.6 Å². The second-order valence-corrected chi connectivity index (χ2v) is 8.47. The monoisotopic (exact) mass is 312 g/mol. The van der Waals surface area contributed by atoms with Gasteiger partial charge in [-0.05, 0) is 68.3 Å². The number of allylic oxidation sites excluding steroid dienone is 1. The highest BCUT2D eigenvalue weighted by Gasteiger charge is 2.69. The molecule has 0 radical (unpaired) electrons. The van der Waals surface area contributed by atoms with E-state index in [1.165, 1.54) is 5.57 Å². The van der Waals surface area contributed by atoms with Gasteiger partial charge in [0.1, 0.15) is 5.60 Å². The maximum Gasteiger partial charge on any atom is 0.155 e. The lowest BCUT2D eigenvalue weighted by Crippen LogP contribution is -2.55. The molecule has 1 spiro atoms. The lowest BCUT2D eigenvalue weighted by atomic mass is 9.50. The summed E-state index contributed by atoms with van der Waals surface area (Å²) in [6.45, 7) is 0.626. The number of aliphatic hydroxyl groups is 1. The summed E-state index contributed by atoms with van der Waals surface area (Å²) >= 11 is 0. The Kier molecular flexibility index (Phi) is 2.78. The molecule has 0 amide bonds. The summed E-state index contributed by atoms with van der Waals surface area (Å²) in [6.07, 6.45) is 14.4. The molecule has 4 unspecified atom stereocenters. The maximum atomic E-state index is 11.8. The van der Waals surface area contributed by atoms with Gasteiger partial charge in [0, 0.05) is 11.8 Å². The number of carbonyl (C=O) groups is 1. The van der Waals surface area contributed by atoms with Crippen molar-refractivity contribution in [3.63, 3.8) is 0 Å². The van der Waals surface area contributed by atoms with E-state index in [-0.39, 0.29) is 11.5 Å². The van der Waals surface area contributed by atoms with Gasteiger partial charge in [-0.1, -0.05) is 11.5 Å². The van der Waals surface area contributed by atoms with E-state index in [4.69, 9.17) is 11.2 Å². The van der Waals surface area contributed by atoms with Crippen LogP contribution in [0.4, 0.5) is 0 Å². The van der Waals surface area contributed by atoms with Gasteiger partial charge in [0.15, 0.2) is 5.78 Å². The average Bonchev–Trinajstić information content (AvgIpc) is 3.08. The molecule has 23 heavy (non-hydrogen) atoms. The summed E-state index contributed by atoms with van der Waals surface area (Å²) in [4.78, 5) is 11.8. The topological polar surface area (TPSA) is 46.5 Å². The van der Waals surface area contributed by atoms with Gasteiger partial charge in [0.25, 0.3) is 0 Å². The van der Waals surface area contributed by atoms with E-state index < -0.39 is 5.60 Å². The highest BCUT2D eigenvalue weighted by Crippen LogP contribution is 2.68. The predicted octanol–water partition coefficient (Wildman–Crippen LogP) is 2.48. The van der Waals surface area contributed by atoms with E-state index in [9.17, 15) is 9.90 Å². The van der Waals surface area contributed by atoms with Crippen LogP contribution in [0.2, 0.25) is 0 Å². The summed E-state index contributed by atoms with van der Waals surface area (Å²) in [7, 11) is 0. The second-order valence-electron chi connectivity index (χ2n) is 8.47. The van der Waals surface area contributed by atoms with Crippen molar-refractivity contribution >= 4 is 5.78 Å². The van der Waals surface area contributed by atoms with E-state index in [0.29, 0.717) is 42.5 Å². The molecule has 5 aliphatic rings. The third kappa shape index (κ3) is 1.62. The third-order valence-corrected chi connectivity index (χ3v) is 7.91. The lowest BCUT2D eigenvalue weighted by molar-refractivity contribution is -0.116. The number of rotatable bonds is 0.